The molecule has 0 amide bonds. The molecule has 0 spiro atoms. The highest BCUT2D eigenvalue weighted by Crippen LogP contribution is 2.32. The number of hydrogen-bond acceptors (Lipinski definition) is 4. The highest BCUT2D eigenvalue weighted by molar-refractivity contribution is 9.10. The van der Waals surface area contributed by atoms with Gasteiger partial charge in [0.1, 0.15) is 5.75 Å². The lowest BCUT2D eigenvalue weighted by Crippen LogP contribution is -1.98. The molecule has 1 heterocycles. The molecule has 1 saturated carbocycles. The van der Waals surface area contributed by atoms with Gasteiger partial charge in [-0.05, 0) is 37.0 Å². The van der Waals surface area contributed by atoms with Crippen LogP contribution in [0.15, 0.2) is 33.3 Å². The van der Waals surface area contributed by atoms with E-state index in [-0.39, 0.29) is 0 Å². The molecule has 4 nitrogen and oxygen atoms in total. The molecule has 1 aromatic heterocycles. The number of nitrogens with zero attached hydrogens (tertiary/aromatic N) is 1. The van der Waals surface area contributed by atoms with Crippen LogP contribution in [0.1, 0.15) is 12.8 Å². The Morgan fingerprint density at radius 2 is 2.17 bits per heavy atom. The van der Waals surface area contributed by atoms with Gasteiger partial charge in [-0.25, -0.2) is 0 Å². The van der Waals surface area contributed by atoms with Gasteiger partial charge < -0.3 is 15.0 Å². The second kappa shape index (κ2) is 4.65. The van der Waals surface area contributed by atoms with Crippen molar-refractivity contribution in [2.24, 2.45) is 5.92 Å². The molecule has 0 saturated heterocycles. The second-order valence-electron chi connectivity index (χ2n) is 4.55. The van der Waals surface area contributed by atoms with E-state index < -0.39 is 0 Å². The van der Waals surface area contributed by atoms with E-state index in [1.807, 2.05) is 18.2 Å². The summed E-state index contributed by atoms with van der Waals surface area (Å²) >= 11 is 3.47. The van der Waals surface area contributed by atoms with Crippen molar-refractivity contribution in [1.82, 2.24) is 5.16 Å². The van der Waals surface area contributed by atoms with Gasteiger partial charge in [-0.15, -0.1) is 0 Å². The third-order valence-corrected chi connectivity index (χ3v) is 3.32. The molecule has 0 radical (unpaired) electrons. The van der Waals surface area contributed by atoms with Gasteiger partial charge in [0.25, 0.3) is 0 Å². The zero-order valence-corrected chi connectivity index (χ0v) is 11.3. The molecule has 5 heteroatoms. The van der Waals surface area contributed by atoms with Crippen LogP contribution in [-0.4, -0.2) is 11.8 Å². The third kappa shape index (κ3) is 2.67. The fourth-order valence-corrected chi connectivity index (χ4v) is 2.18. The number of aromatic nitrogens is 1. The van der Waals surface area contributed by atoms with Crippen molar-refractivity contribution in [2.45, 2.75) is 12.8 Å². The van der Waals surface area contributed by atoms with E-state index in [0.717, 1.165) is 28.3 Å². The summed E-state index contributed by atoms with van der Waals surface area (Å²) in [5.74, 6) is 2.59. The lowest BCUT2D eigenvalue weighted by molar-refractivity contribution is 0.299. The summed E-state index contributed by atoms with van der Waals surface area (Å²) in [5, 5.41) is 3.68. The summed E-state index contributed by atoms with van der Waals surface area (Å²) in [7, 11) is 0. The van der Waals surface area contributed by atoms with Gasteiger partial charge in [0, 0.05) is 16.1 Å². The molecule has 3 rings (SSSR count). The van der Waals surface area contributed by atoms with Crippen molar-refractivity contribution in [1.29, 1.82) is 0 Å². The highest BCUT2D eigenvalue weighted by atomic mass is 79.9. The fraction of sp³-hybridized carbons (Fsp3) is 0.308. The number of anilines is 1. The van der Waals surface area contributed by atoms with E-state index in [1.165, 1.54) is 12.8 Å². The molecule has 0 aliphatic heterocycles. The molecule has 2 aromatic rings. The van der Waals surface area contributed by atoms with Crippen LogP contribution in [0.2, 0.25) is 0 Å². The molecule has 1 aliphatic carbocycles. The molecule has 0 atom stereocenters. The first-order valence-corrected chi connectivity index (χ1v) is 6.66. The summed E-state index contributed by atoms with van der Waals surface area (Å²) in [4.78, 5) is 0. The van der Waals surface area contributed by atoms with Crippen LogP contribution in [0.25, 0.3) is 11.3 Å². The maximum absolute atomic E-state index is 5.76. The number of halogens is 1. The number of nitrogens with two attached hydrogens (primary N) is 1. The summed E-state index contributed by atoms with van der Waals surface area (Å²) < 4.78 is 11.8. The zero-order chi connectivity index (χ0) is 12.5. The summed E-state index contributed by atoms with van der Waals surface area (Å²) in [6, 6.07) is 7.54. The molecule has 94 valence electrons. The number of rotatable bonds is 4. The van der Waals surface area contributed by atoms with Crippen LogP contribution in [0.4, 0.5) is 5.82 Å². The smallest absolute Gasteiger partial charge is 0.169 e. The minimum absolute atomic E-state index is 0.380. The number of nitrogen functional groups attached to an aromatic ring is 1. The fourth-order valence-electron chi connectivity index (χ4n) is 1.71. The van der Waals surface area contributed by atoms with Gasteiger partial charge in [-0.2, -0.15) is 0 Å². The van der Waals surface area contributed by atoms with Gasteiger partial charge >= 0.3 is 0 Å². The van der Waals surface area contributed by atoms with Crippen molar-refractivity contribution in [3.8, 4) is 17.1 Å². The second-order valence-corrected chi connectivity index (χ2v) is 5.46. The molecule has 1 fully saturated rings. The third-order valence-electron chi connectivity index (χ3n) is 2.87. The van der Waals surface area contributed by atoms with E-state index in [9.17, 15) is 0 Å². The van der Waals surface area contributed by atoms with Gasteiger partial charge in [0.05, 0.1) is 6.61 Å². The summed E-state index contributed by atoms with van der Waals surface area (Å²) in [6.07, 6.45) is 2.55. The van der Waals surface area contributed by atoms with Crippen molar-refractivity contribution in [3.05, 3.63) is 28.7 Å². The molecule has 1 aliphatic rings. The predicted octanol–water partition coefficient (Wildman–Crippen LogP) is 3.48. The molecule has 0 bridgehead atoms. The Morgan fingerprint density at radius 3 is 2.83 bits per heavy atom. The molecule has 2 N–H and O–H groups in total. The lowest BCUT2D eigenvalue weighted by Gasteiger charge is -2.07. The van der Waals surface area contributed by atoms with E-state index in [2.05, 4.69) is 21.1 Å². The first-order valence-electron chi connectivity index (χ1n) is 5.86. The highest BCUT2D eigenvalue weighted by Gasteiger charge is 2.22. The lowest BCUT2D eigenvalue weighted by atomic mass is 10.1. The molecular formula is C13H13BrN2O2. The van der Waals surface area contributed by atoms with Crippen LogP contribution in [0.3, 0.4) is 0 Å². The first kappa shape index (κ1) is 11.6. The van der Waals surface area contributed by atoms with Crippen molar-refractivity contribution >= 4 is 21.7 Å². The maximum Gasteiger partial charge on any atom is 0.169 e. The quantitative estimate of drug-likeness (QED) is 0.939. The number of hydrogen-bond donors (Lipinski definition) is 1. The Hall–Kier alpha value is -1.49. The average molecular weight is 309 g/mol. The van der Waals surface area contributed by atoms with Crippen LogP contribution >= 0.6 is 15.9 Å². The van der Waals surface area contributed by atoms with Gasteiger partial charge in [0.15, 0.2) is 11.6 Å². The minimum atomic E-state index is 0.380. The first-order chi connectivity index (χ1) is 8.70. The summed E-state index contributed by atoms with van der Waals surface area (Å²) in [6.45, 7) is 0.786. The number of benzene rings is 1. The molecule has 18 heavy (non-hydrogen) atoms. The SMILES string of the molecule is Nc1cc(-c2cc(Br)cc(OCC3CC3)c2)on1. The maximum atomic E-state index is 5.76. The minimum Gasteiger partial charge on any atom is -0.493 e. The Morgan fingerprint density at radius 1 is 1.33 bits per heavy atom. The Bertz CT molecular complexity index is 564. The standard InChI is InChI=1S/C13H13BrN2O2/c14-10-3-9(12-6-13(15)16-18-12)4-11(5-10)17-7-8-1-2-8/h3-6,8H,1-2,7H2,(H2,15,16). The Kier molecular flexibility index (Phi) is 2.99. The van der Waals surface area contributed by atoms with Crippen LogP contribution < -0.4 is 10.5 Å². The van der Waals surface area contributed by atoms with Crippen LogP contribution in [0.5, 0.6) is 5.75 Å². The Labute approximate surface area is 113 Å². The topological polar surface area (TPSA) is 61.3 Å². The van der Waals surface area contributed by atoms with Gasteiger partial charge in [0.2, 0.25) is 0 Å². The monoisotopic (exact) mass is 308 g/mol. The Balaban J connectivity index is 1.84. The molecular weight excluding hydrogens is 296 g/mol. The average Bonchev–Trinajstić information content (AvgIpc) is 3.07. The van der Waals surface area contributed by atoms with Crippen LogP contribution in [0, 0.1) is 5.92 Å². The van der Waals surface area contributed by atoms with Crippen molar-refractivity contribution in [2.75, 3.05) is 12.3 Å². The van der Waals surface area contributed by atoms with Gasteiger partial charge in [-0.1, -0.05) is 21.1 Å². The molecule has 0 unspecified atom stereocenters. The normalized spacial score (nSPS) is 14.7. The van der Waals surface area contributed by atoms with Crippen molar-refractivity contribution in [3.63, 3.8) is 0 Å². The molecule has 1 aromatic carbocycles. The van der Waals surface area contributed by atoms with E-state index in [1.54, 1.807) is 6.07 Å². The van der Waals surface area contributed by atoms with Crippen molar-refractivity contribution < 1.29 is 9.26 Å². The zero-order valence-electron chi connectivity index (χ0n) is 9.73. The van der Waals surface area contributed by atoms with E-state index >= 15 is 0 Å². The number of ether oxygens (including phenoxy) is 1. The van der Waals surface area contributed by atoms with E-state index in [4.69, 9.17) is 15.0 Å². The van der Waals surface area contributed by atoms with Crippen LogP contribution in [-0.2, 0) is 0 Å². The van der Waals surface area contributed by atoms with Gasteiger partial charge in [-0.3, -0.25) is 0 Å². The largest absolute Gasteiger partial charge is 0.493 e. The predicted molar refractivity (Wildman–Crippen MR) is 72.3 cm³/mol. The summed E-state index contributed by atoms with van der Waals surface area (Å²) in [5.41, 5.74) is 6.45. The van der Waals surface area contributed by atoms with E-state index in [0.29, 0.717) is 11.6 Å².